The van der Waals surface area contributed by atoms with Gasteiger partial charge in [0, 0.05) is 5.41 Å². The van der Waals surface area contributed by atoms with E-state index in [1.165, 1.54) is 44.1 Å². The fraction of sp³-hybridized carbons (Fsp3) is 0.833. The largest absolute Gasteiger partial charge is 0.0992 e. The summed E-state index contributed by atoms with van der Waals surface area (Å²) in [6.07, 6.45) is 7.69. The molecule has 0 amide bonds. The molecule has 14 heavy (non-hydrogen) atoms. The van der Waals surface area contributed by atoms with Crippen LogP contribution in [-0.4, -0.2) is 3.23 Å². The van der Waals surface area contributed by atoms with E-state index in [0.29, 0.717) is 5.41 Å². The topological polar surface area (TPSA) is 0 Å². The monoisotopic (exact) mass is 322 g/mol. The summed E-state index contributed by atoms with van der Waals surface area (Å²) in [5.74, 6) is 0. The molecule has 0 saturated heterocycles. The molecule has 0 spiro atoms. The summed E-state index contributed by atoms with van der Waals surface area (Å²) in [5, 5.41) is 0. The maximum atomic E-state index is 4.22. The summed E-state index contributed by atoms with van der Waals surface area (Å²) in [6, 6.07) is 0. The number of hydrogen-bond donors (Lipinski definition) is 0. The van der Waals surface area contributed by atoms with Crippen LogP contribution < -0.4 is 0 Å². The molecule has 1 unspecified atom stereocenters. The third kappa shape index (κ3) is 2.63. The van der Waals surface area contributed by atoms with E-state index in [9.17, 15) is 0 Å². The zero-order valence-corrected chi connectivity index (χ0v) is 12.4. The molecule has 82 valence electrons. The van der Waals surface area contributed by atoms with Crippen molar-refractivity contribution in [1.82, 2.24) is 0 Å². The van der Waals surface area contributed by atoms with Gasteiger partial charge in [-0.1, -0.05) is 77.1 Å². The van der Waals surface area contributed by atoms with E-state index in [1.807, 2.05) is 0 Å². The molecule has 1 aliphatic carbocycles. The van der Waals surface area contributed by atoms with Gasteiger partial charge in [-0.2, -0.15) is 0 Å². The summed E-state index contributed by atoms with van der Waals surface area (Å²) in [5.41, 5.74) is 1.70. The Morgan fingerprint density at radius 1 is 1.29 bits per heavy atom. The maximum Gasteiger partial charge on any atom is 0.0905 e. The van der Waals surface area contributed by atoms with Crippen molar-refractivity contribution in [3.63, 3.8) is 0 Å². The molecule has 0 aliphatic heterocycles. The van der Waals surface area contributed by atoms with E-state index in [1.54, 1.807) is 0 Å². The second-order valence-electron chi connectivity index (χ2n) is 4.63. The lowest BCUT2D eigenvalue weighted by atomic mass is 9.94. The number of hydrogen-bond acceptors (Lipinski definition) is 0. The van der Waals surface area contributed by atoms with E-state index in [4.69, 9.17) is 0 Å². The Labute approximate surface area is 105 Å². The first-order chi connectivity index (χ1) is 6.44. The molecule has 2 heteroatoms. The lowest BCUT2D eigenvalue weighted by Gasteiger charge is -2.15. The molecule has 0 nitrogen and oxygen atoms in total. The van der Waals surface area contributed by atoms with Crippen molar-refractivity contribution in [1.29, 1.82) is 0 Å². The van der Waals surface area contributed by atoms with Gasteiger partial charge in [0.2, 0.25) is 0 Å². The van der Waals surface area contributed by atoms with Crippen LogP contribution in [0.3, 0.4) is 0 Å². The molecule has 1 atom stereocenters. The summed E-state index contributed by atoms with van der Waals surface area (Å²) >= 11 is 7.38. The zero-order valence-electron chi connectivity index (χ0n) is 9.21. The number of unbranched alkanes of at least 4 members (excludes halogenated alkanes) is 3. The predicted molar refractivity (Wildman–Crippen MR) is 71.2 cm³/mol. The van der Waals surface area contributed by atoms with Gasteiger partial charge in [0.1, 0.15) is 0 Å². The molecule has 0 aromatic carbocycles. The summed E-state index contributed by atoms with van der Waals surface area (Å²) in [6.45, 7) is 8.76. The fourth-order valence-corrected chi connectivity index (χ4v) is 3.51. The second-order valence-corrected chi connectivity index (χ2v) is 8.40. The molecule has 0 N–H and O–H groups in total. The van der Waals surface area contributed by atoms with Crippen molar-refractivity contribution in [3.8, 4) is 0 Å². The molecular weight excluding hydrogens is 304 g/mol. The lowest BCUT2D eigenvalue weighted by molar-refractivity contribution is 0.596. The van der Waals surface area contributed by atoms with Crippen molar-refractivity contribution < 1.29 is 0 Å². The van der Waals surface area contributed by atoms with Crippen LogP contribution in [0.4, 0.5) is 0 Å². The van der Waals surface area contributed by atoms with E-state index in [0.717, 1.165) is 0 Å². The molecule has 0 bridgehead atoms. The SMILES string of the molecule is C=C(CCCCCC)C1(C)CC1(Br)Br. The van der Waals surface area contributed by atoms with Crippen molar-refractivity contribution >= 4 is 31.9 Å². The third-order valence-electron chi connectivity index (χ3n) is 3.37. The summed E-state index contributed by atoms with van der Waals surface area (Å²) in [4.78, 5) is 0. The number of halogens is 2. The van der Waals surface area contributed by atoms with Crippen LogP contribution in [0.25, 0.3) is 0 Å². The smallest absolute Gasteiger partial charge is 0.0905 e. The Morgan fingerprint density at radius 3 is 2.29 bits per heavy atom. The molecular formula is C12H20Br2. The first-order valence-electron chi connectivity index (χ1n) is 5.50. The highest BCUT2D eigenvalue weighted by Gasteiger charge is 2.62. The van der Waals surface area contributed by atoms with Crippen LogP contribution in [0.1, 0.15) is 52.4 Å². The fourth-order valence-electron chi connectivity index (χ4n) is 1.82. The van der Waals surface area contributed by atoms with Crippen LogP contribution >= 0.6 is 31.9 Å². The first-order valence-corrected chi connectivity index (χ1v) is 7.09. The number of allylic oxidation sites excluding steroid dienone is 1. The summed E-state index contributed by atoms with van der Waals surface area (Å²) < 4.78 is 0.148. The van der Waals surface area contributed by atoms with Crippen LogP contribution in [-0.2, 0) is 0 Å². The van der Waals surface area contributed by atoms with E-state index < -0.39 is 0 Å². The minimum atomic E-state index is 0.148. The van der Waals surface area contributed by atoms with Gasteiger partial charge in [0.15, 0.2) is 0 Å². The van der Waals surface area contributed by atoms with Gasteiger partial charge in [-0.15, -0.1) is 0 Å². The number of rotatable bonds is 6. The molecule has 0 heterocycles. The van der Waals surface area contributed by atoms with Crippen molar-refractivity contribution in [2.45, 2.75) is 55.6 Å². The van der Waals surface area contributed by atoms with Gasteiger partial charge >= 0.3 is 0 Å². The highest BCUT2D eigenvalue weighted by molar-refractivity contribution is 9.25. The van der Waals surface area contributed by atoms with Gasteiger partial charge in [-0.3, -0.25) is 0 Å². The lowest BCUT2D eigenvalue weighted by Crippen LogP contribution is -2.06. The van der Waals surface area contributed by atoms with E-state index in [2.05, 4.69) is 52.3 Å². The molecule has 1 fully saturated rings. The van der Waals surface area contributed by atoms with Crippen molar-refractivity contribution in [2.75, 3.05) is 0 Å². The first kappa shape index (κ1) is 12.8. The Balaban J connectivity index is 2.24. The Hall–Kier alpha value is 0.700. The van der Waals surface area contributed by atoms with E-state index in [-0.39, 0.29) is 3.23 Å². The zero-order chi connectivity index (χ0) is 10.8. The van der Waals surface area contributed by atoms with E-state index >= 15 is 0 Å². The molecule has 0 aromatic heterocycles. The third-order valence-corrected chi connectivity index (χ3v) is 5.68. The molecule has 1 saturated carbocycles. The van der Waals surface area contributed by atoms with Crippen LogP contribution in [0.2, 0.25) is 0 Å². The second kappa shape index (κ2) is 4.69. The average Bonchev–Trinajstić information content (AvgIpc) is 2.61. The highest BCUT2D eigenvalue weighted by atomic mass is 79.9. The Kier molecular flexibility index (Phi) is 4.28. The molecule has 1 rings (SSSR count). The van der Waals surface area contributed by atoms with Crippen LogP contribution in [0, 0.1) is 5.41 Å². The normalized spacial score (nSPS) is 28.9. The Morgan fingerprint density at radius 2 is 1.86 bits per heavy atom. The molecule has 1 aliphatic rings. The average molecular weight is 324 g/mol. The minimum Gasteiger partial charge on any atom is -0.0992 e. The van der Waals surface area contributed by atoms with Crippen LogP contribution in [0.15, 0.2) is 12.2 Å². The standard InChI is InChI=1S/C12H20Br2/c1-4-5-6-7-8-10(2)11(3)9-12(11,13)14/h2,4-9H2,1,3H3. The minimum absolute atomic E-state index is 0.148. The quantitative estimate of drug-likeness (QED) is 0.348. The van der Waals surface area contributed by atoms with Crippen molar-refractivity contribution in [3.05, 3.63) is 12.2 Å². The van der Waals surface area contributed by atoms with Crippen LogP contribution in [0.5, 0.6) is 0 Å². The molecule has 0 aromatic rings. The number of alkyl halides is 2. The predicted octanol–water partition coefficient (Wildman–Crippen LogP) is 5.41. The Bertz CT molecular complexity index is 220. The van der Waals surface area contributed by atoms with Gasteiger partial charge in [0.05, 0.1) is 3.23 Å². The van der Waals surface area contributed by atoms with Crippen molar-refractivity contribution in [2.24, 2.45) is 5.41 Å². The van der Waals surface area contributed by atoms with Gasteiger partial charge in [-0.05, 0) is 19.3 Å². The molecule has 0 radical (unpaired) electrons. The van der Waals surface area contributed by atoms with Gasteiger partial charge in [0.25, 0.3) is 0 Å². The van der Waals surface area contributed by atoms with Gasteiger partial charge in [-0.25, -0.2) is 0 Å². The maximum absolute atomic E-state index is 4.22. The van der Waals surface area contributed by atoms with Gasteiger partial charge < -0.3 is 0 Å². The summed E-state index contributed by atoms with van der Waals surface area (Å²) in [7, 11) is 0. The highest BCUT2D eigenvalue weighted by Crippen LogP contribution is 2.70.